The molecule has 0 aliphatic heterocycles. The highest BCUT2D eigenvalue weighted by molar-refractivity contribution is 8.00. The third kappa shape index (κ3) is 5.96. The summed E-state index contributed by atoms with van der Waals surface area (Å²) in [5.41, 5.74) is -0.898. The van der Waals surface area contributed by atoms with Gasteiger partial charge in [-0.2, -0.15) is 5.26 Å². The molecular weight excluding hydrogens is 370 g/mol. The summed E-state index contributed by atoms with van der Waals surface area (Å²) in [7, 11) is 0. The fourth-order valence-electron chi connectivity index (χ4n) is 2.85. The number of carbonyl (C=O) groups excluding carboxylic acids is 2. The van der Waals surface area contributed by atoms with Gasteiger partial charge in [-0.05, 0) is 31.9 Å². The molecular formula is C18H21N3O5S. The monoisotopic (exact) mass is 391 g/mol. The molecule has 2 rings (SSSR count). The van der Waals surface area contributed by atoms with Crippen molar-refractivity contribution in [3.05, 3.63) is 34.4 Å². The molecule has 0 spiro atoms. The van der Waals surface area contributed by atoms with E-state index in [1.54, 1.807) is 12.1 Å². The Bertz CT molecular complexity index is 738. The minimum atomic E-state index is -0.998. The Morgan fingerprint density at radius 2 is 1.96 bits per heavy atom. The van der Waals surface area contributed by atoms with Gasteiger partial charge in [0, 0.05) is 17.0 Å². The Morgan fingerprint density at radius 1 is 1.33 bits per heavy atom. The summed E-state index contributed by atoms with van der Waals surface area (Å²) in [6.45, 7) is 1.47. The van der Waals surface area contributed by atoms with Crippen LogP contribution >= 0.6 is 11.8 Å². The second kappa shape index (κ2) is 9.37. The standard InChI is InChI=1S/C18H21N3O5S/c1-13(17(23)20-18(12-19)9-3-2-4-10-18)26-16(22)11-27-15-7-5-14(6-8-15)21(24)25/h5-8,13H,2-4,9-11H2,1H3,(H,20,23)/t13-/m1/s1. The van der Waals surface area contributed by atoms with Gasteiger partial charge >= 0.3 is 5.97 Å². The van der Waals surface area contributed by atoms with Crippen LogP contribution in [0.2, 0.25) is 0 Å². The van der Waals surface area contributed by atoms with E-state index in [1.807, 2.05) is 0 Å². The lowest BCUT2D eigenvalue weighted by molar-refractivity contribution is -0.384. The van der Waals surface area contributed by atoms with E-state index < -0.39 is 28.4 Å². The first-order valence-corrected chi connectivity index (χ1v) is 9.64. The highest BCUT2D eigenvalue weighted by Gasteiger charge is 2.35. The van der Waals surface area contributed by atoms with E-state index in [9.17, 15) is 25.0 Å². The molecule has 0 saturated heterocycles. The number of hydrogen-bond donors (Lipinski definition) is 1. The number of ether oxygens (including phenoxy) is 1. The number of nitro groups is 1. The predicted octanol–water partition coefficient (Wildman–Crippen LogP) is 2.96. The molecule has 0 radical (unpaired) electrons. The average Bonchev–Trinajstić information content (AvgIpc) is 2.67. The second-order valence-electron chi connectivity index (χ2n) is 6.42. The number of nitriles is 1. The first-order chi connectivity index (χ1) is 12.8. The maximum Gasteiger partial charge on any atom is 0.317 e. The molecule has 27 heavy (non-hydrogen) atoms. The Morgan fingerprint density at radius 3 is 2.52 bits per heavy atom. The van der Waals surface area contributed by atoms with Crippen molar-refractivity contribution in [2.75, 3.05) is 5.75 Å². The molecule has 0 bridgehead atoms. The van der Waals surface area contributed by atoms with Crippen LogP contribution in [0.15, 0.2) is 29.2 Å². The van der Waals surface area contributed by atoms with Crippen molar-refractivity contribution in [2.24, 2.45) is 0 Å². The SMILES string of the molecule is C[C@@H](OC(=O)CSc1ccc([N+](=O)[O-])cc1)C(=O)NC1(C#N)CCCCC1. The van der Waals surface area contributed by atoms with E-state index in [2.05, 4.69) is 11.4 Å². The fourth-order valence-corrected chi connectivity index (χ4v) is 3.53. The number of thioether (sulfide) groups is 1. The smallest absolute Gasteiger partial charge is 0.317 e. The molecule has 1 aliphatic rings. The number of nitro benzene ring substituents is 1. The van der Waals surface area contributed by atoms with Crippen LogP contribution in [0.5, 0.6) is 0 Å². The van der Waals surface area contributed by atoms with Gasteiger partial charge in [-0.1, -0.05) is 19.3 Å². The minimum Gasteiger partial charge on any atom is -0.452 e. The molecule has 1 atom stereocenters. The van der Waals surface area contributed by atoms with Crippen molar-refractivity contribution < 1.29 is 19.2 Å². The summed E-state index contributed by atoms with van der Waals surface area (Å²) in [6, 6.07) is 8.00. The number of rotatable bonds is 7. The van der Waals surface area contributed by atoms with Gasteiger partial charge in [0.15, 0.2) is 6.10 Å². The molecule has 1 fully saturated rings. The molecule has 1 aromatic rings. The van der Waals surface area contributed by atoms with Crippen LogP contribution in [0.4, 0.5) is 5.69 Å². The average molecular weight is 391 g/mol. The maximum absolute atomic E-state index is 12.3. The molecule has 1 amide bonds. The van der Waals surface area contributed by atoms with E-state index in [1.165, 1.54) is 19.1 Å². The Balaban J connectivity index is 1.81. The van der Waals surface area contributed by atoms with Gasteiger partial charge in [-0.15, -0.1) is 11.8 Å². The number of nitrogens with zero attached hydrogens (tertiary/aromatic N) is 2. The van der Waals surface area contributed by atoms with Crippen LogP contribution in [0, 0.1) is 21.4 Å². The lowest BCUT2D eigenvalue weighted by Crippen LogP contribution is -2.52. The van der Waals surface area contributed by atoms with Crippen molar-refractivity contribution in [1.82, 2.24) is 5.32 Å². The molecule has 0 aromatic heterocycles. The first-order valence-electron chi connectivity index (χ1n) is 8.65. The number of hydrogen-bond acceptors (Lipinski definition) is 7. The van der Waals surface area contributed by atoms with Crippen LogP contribution < -0.4 is 5.32 Å². The van der Waals surface area contributed by atoms with E-state index in [0.717, 1.165) is 31.0 Å². The van der Waals surface area contributed by atoms with Crippen LogP contribution in [-0.2, 0) is 14.3 Å². The van der Waals surface area contributed by atoms with E-state index >= 15 is 0 Å². The van der Waals surface area contributed by atoms with Crippen molar-refractivity contribution in [3.8, 4) is 6.07 Å². The van der Waals surface area contributed by atoms with E-state index in [4.69, 9.17) is 4.74 Å². The summed E-state index contributed by atoms with van der Waals surface area (Å²) in [5, 5.41) is 22.7. The molecule has 144 valence electrons. The van der Waals surface area contributed by atoms with Crippen LogP contribution in [0.1, 0.15) is 39.0 Å². The second-order valence-corrected chi connectivity index (χ2v) is 7.46. The fraction of sp³-hybridized carbons (Fsp3) is 0.500. The number of esters is 1. The normalized spacial score (nSPS) is 16.6. The number of amides is 1. The van der Waals surface area contributed by atoms with Gasteiger partial charge in [0.25, 0.3) is 11.6 Å². The number of benzene rings is 1. The Labute approximate surface area is 161 Å². The zero-order valence-corrected chi connectivity index (χ0v) is 15.8. The van der Waals surface area contributed by atoms with Crippen molar-refractivity contribution in [2.45, 2.75) is 55.6 Å². The maximum atomic E-state index is 12.3. The quantitative estimate of drug-likeness (QED) is 0.328. The highest BCUT2D eigenvalue weighted by atomic mass is 32.2. The van der Waals surface area contributed by atoms with Gasteiger partial charge in [0.1, 0.15) is 5.54 Å². The molecule has 8 nitrogen and oxygen atoms in total. The van der Waals surface area contributed by atoms with Gasteiger partial charge in [0.2, 0.25) is 0 Å². The van der Waals surface area contributed by atoms with Gasteiger partial charge in [-0.25, -0.2) is 0 Å². The van der Waals surface area contributed by atoms with Crippen molar-refractivity contribution >= 4 is 29.3 Å². The molecule has 9 heteroatoms. The predicted molar refractivity (Wildman–Crippen MR) is 98.9 cm³/mol. The van der Waals surface area contributed by atoms with E-state index in [0.29, 0.717) is 17.7 Å². The van der Waals surface area contributed by atoms with Gasteiger partial charge in [0.05, 0.1) is 16.7 Å². The summed E-state index contributed by atoms with van der Waals surface area (Å²) in [4.78, 5) is 35.0. The zero-order valence-electron chi connectivity index (χ0n) is 15.0. The van der Waals surface area contributed by atoms with Gasteiger partial charge < -0.3 is 10.1 Å². The summed E-state index contributed by atoms with van der Waals surface area (Å²) >= 11 is 1.16. The number of carbonyl (C=O) groups is 2. The third-order valence-corrected chi connectivity index (χ3v) is 5.35. The third-order valence-electron chi connectivity index (χ3n) is 4.37. The molecule has 1 aromatic carbocycles. The Hall–Kier alpha value is -2.60. The highest BCUT2D eigenvalue weighted by Crippen LogP contribution is 2.27. The Kier molecular flexibility index (Phi) is 7.19. The molecule has 1 aliphatic carbocycles. The lowest BCUT2D eigenvalue weighted by atomic mass is 9.83. The van der Waals surface area contributed by atoms with Crippen LogP contribution in [0.25, 0.3) is 0 Å². The summed E-state index contributed by atoms with van der Waals surface area (Å²) in [5.74, 6) is -1.08. The van der Waals surface area contributed by atoms with Crippen LogP contribution in [-0.4, -0.2) is 34.2 Å². The van der Waals surface area contributed by atoms with Crippen LogP contribution in [0.3, 0.4) is 0 Å². The zero-order chi connectivity index (χ0) is 19.9. The molecule has 1 saturated carbocycles. The van der Waals surface area contributed by atoms with Crippen molar-refractivity contribution in [1.29, 1.82) is 5.26 Å². The lowest BCUT2D eigenvalue weighted by Gasteiger charge is -2.32. The molecule has 1 N–H and O–H groups in total. The molecule has 0 unspecified atom stereocenters. The van der Waals surface area contributed by atoms with Crippen molar-refractivity contribution in [3.63, 3.8) is 0 Å². The largest absolute Gasteiger partial charge is 0.452 e. The van der Waals surface area contributed by atoms with Gasteiger partial charge in [-0.3, -0.25) is 19.7 Å². The first kappa shape index (κ1) is 20.7. The minimum absolute atomic E-state index is 0.0265. The summed E-state index contributed by atoms with van der Waals surface area (Å²) < 4.78 is 5.14. The molecule has 0 heterocycles. The number of non-ortho nitro benzene ring substituents is 1. The van der Waals surface area contributed by atoms with E-state index in [-0.39, 0.29) is 11.4 Å². The number of nitrogens with one attached hydrogen (secondary N) is 1. The summed E-state index contributed by atoms with van der Waals surface area (Å²) in [6.07, 6.45) is 3.02. The topological polar surface area (TPSA) is 122 Å².